The van der Waals surface area contributed by atoms with E-state index in [1.807, 2.05) is 13.8 Å². The molecule has 0 saturated carbocycles. The van der Waals surface area contributed by atoms with Gasteiger partial charge in [0.15, 0.2) is 0 Å². The van der Waals surface area contributed by atoms with E-state index in [1.165, 1.54) is 0 Å². The van der Waals surface area contributed by atoms with Gasteiger partial charge in [-0.05, 0) is 20.2 Å². The fraction of sp³-hybridized carbons (Fsp3) is 1.00. The predicted molar refractivity (Wildman–Crippen MR) is 37.6 cm³/mol. The maximum atomic E-state index is 5.29. The van der Waals surface area contributed by atoms with Gasteiger partial charge in [0.1, 0.15) is 6.29 Å². The Bertz CT molecular complexity index is 53.0. The Balaban J connectivity index is 3.18. The molecule has 0 fully saturated rings. The summed E-state index contributed by atoms with van der Waals surface area (Å²) in [6.07, 6.45) is 0.224. The van der Waals surface area contributed by atoms with Crippen molar-refractivity contribution in [1.82, 2.24) is 0 Å². The number of ether oxygens (including phenoxy) is 2. The third kappa shape index (κ3) is 4.49. The molecule has 0 aliphatic rings. The van der Waals surface area contributed by atoms with E-state index in [-0.39, 0.29) is 6.29 Å². The molecule has 2 radical (unpaired) electrons. The minimum atomic E-state index is -0.208. The summed E-state index contributed by atoms with van der Waals surface area (Å²) in [7, 11) is 5.29. The van der Waals surface area contributed by atoms with E-state index in [0.717, 1.165) is 0 Å². The lowest BCUT2D eigenvalue weighted by Gasteiger charge is -2.13. The van der Waals surface area contributed by atoms with Gasteiger partial charge in [-0.2, -0.15) is 0 Å². The molecule has 9 heavy (non-hydrogen) atoms. The molecule has 2 nitrogen and oxygen atoms in total. The lowest BCUT2D eigenvalue weighted by molar-refractivity contribution is -0.122. The Morgan fingerprint density at radius 3 is 1.89 bits per heavy atom. The van der Waals surface area contributed by atoms with Gasteiger partial charge in [0.25, 0.3) is 0 Å². The molecule has 0 aromatic carbocycles. The molecule has 0 heterocycles. The highest BCUT2D eigenvalue weighted by Gasteiger charge is 2.01. The van der Waals surface area contributed by atoms with Gasteiger partial charge in [0.05, 0.1) is 7.85 Å². The number of rotatable bonds is 5. The molecule has 0 aromatic rings. The predicted octanol–water partition coefficient (Wildman–Crippen LogP) is 0.972. The zero-order valence-electron chi connectivity index (χ0n) is 6.09. The van der Waals surface area contributed by atoms with Crippen LogP contribution in [0.3, 0.4) is 0 Å². The average Bonchev–Trinajstić information content (AvgIpc) is 1.88. The second-order valence-corrected chi connectivity index (χ2v) is 1.58. The van der Waals surface area contributed by atoms with Crippen LogP contribution < -0.4 is 0 Å². The number of hydrogen-bond acceptors (Lipinski definition) is 2. The summed E-state index contributed by atoms with van der Waals surface area (Å²) in [5.74, 6) is 0. The highest BCUT2D eigenvalue weighted by atomic mass is 16.7. The molecule has 0 unspecified atom stereocenters. The fourth-order valence-corrected chi connectivity index (χ4v) is 0.556. The van der Waals surface area contributed by atoms with Crippen molar-refractivity contribution in [2.24, 2.45) is 0 Å². The molecular weight excluding hydrogens is 115 g/mol. The molecule has 0 N–H and O–H groups in total. The van der Waals surface area contributed by atoms with E-state index >= 15 is 0 Å². The first-order valence-electron chi connectivity index (χ1n) is 3.28. The molecule has 0 bridgehead atoms. The Hall–Kier alpha value is -0.0151. The third-order valence-electron chi connectivity index (χ3n) is 0.898. The van der Waals surface area contributed by atoms with Gasteiger partial charge in [0, 0.05) is 13.2 Å². The quantitative estimate of drug-likeness (QED) is 0.405. The van der Waals surface area contributed by atoms with E-state index in [9.17, 15) is 0 Å². The van der Waals surface area contributed by atoms with Gasteiger partial charge in [-0.1, -0.05) is 0 Å². The summed E-state index contributed by atoms with van der Waals surface area (Å²) in [6.45, 7) is 5.15. The van der Waals surface area contributed by atoms with Crippen LogP contribution in [0.5, 0.6) is 0 Å². The van der Waals surface area contributed by atoms with Crippen LogP contribution in [0.15, 0.2) is 0 Å². The summed E-state index contributed by atoms with van der Waals surface area (Å²) in [4.78, 5) is 0. The van der Waals surface area contributed by atoms with Gasteiger partial charge in [0.2, 0.25) is 0 Å². The normalized spacial score (nSPS) is 10.6. The summed E-state index contributed by atoms with van der Waals surface area (Å²) in [5.41, 5.74) is 0. The smallest absolute Gasteiger partial charge is 0.149 e. The molecule has 0 aromatic heterocycles. The molecule has 0 amide bonds. The SMILES string of the molecule is [B]CC(OCC)OCC. The number of hydrogen-bond donors (Lipinski definition) is 0. The average molecular weight is 128 g/mol. The van der Waals surface area contributed by atoms with Crippen LogP contribution in [0.4, 0.5) is 0 Å². The van der Waals surface area contributed by atoms with E-state index < -0.39 is 0 Å². The Morgan fingerprint density at radius 1 is 1.22 bits per heavy atom. The van der Waals surface area contributed by atoms with Gasteiger partial charge in [-0.15, -0.1) is 0 Å². The van der Waals surface area contributed by atoms with Crippen LogP contribution in [0.1, 0.15) is 13.8 Å². The lowest BCUT2D eigenvalue weighted by Crippen LogP contribution is -2.16. The molecular formula is C6H13BO2. The zero-order chi connectivity index (χ0) is 7.11. The standard InChI is InChI=1S/C6H13BO2/c1-3-8-6(5-7)9-4-2/h6H,3-5H2,1-2H3. The lowest BCUT2D eigenvalue weighted by atomic mass is 10.1. The highest BCUT2D eigenvalue weighted by molar-refractivity contribution is 6.08. The van der Waals surface area contributed by atoms with Crippen LogP contribution >= 0.6 is 0 Å². The van der Waals surface area contributed by atoms with Crippen LogP contribution in [-0.4, -0.2) is 27.4 Å². The molecule has 0 saturated heterocycles. The van der Waals surface area contributed by atoms with Gasteiger partial charge >= 0.3 is 0 Å². The zero-order valence-corrected chi connectivity index (χ0v) is 6.09. The van der Waals surface area contributed by atoms with Gasteiger partial charge < -0.3 is 9.47 Å². The highest BCUT2D eigenvalue weighted by Crippen LogP contribution is 1.97. The fourth-order valence-electron chi connectivity index (χ4n) is 0.556. The minimum absolute atomic E-state index is 0.208. The van der Waals surface area contributed by atoms with Gasteiger partial charge in [-0.25, -0.2) is 0 Å². The molecule has 0 aliphatic heterocycles. The van der Waals surface area contributed by atoms with Crippen LogP contribution in [-0.2, 0) is 9.47 Å². The van der Waals surface area contributed by atoms with Crippen molar-refractivity contribution >= 4 is 7.85 Å². The van der Waals surface area contributed by atoms with Crippen molar-refractivity contribution in [2.45, 2.75) is 26.5 Å². The van der Waals surface area contributed by atoms with Crippen LogP contribution in [0.25, 0.3) is 0 Å². The first kappa shape index (κ1) is 8.98. The van der Waals surface area contributed by atoms with Crippen molar-refractivity contribution < 1.29 is 9.47 Å². The largest absolute Gasteiger partial charge is 0.354 e. The van der Waals surface area contributed by atoms with Crippen molar-refractivity contribution in [2.75, 3.05) is 13.2 Å². The molecule has 0 atom stereocenters. The monoisotopic (exact) mass is 128 g/mol. The maximum Gasteiger partial charge on any atom is 0.149 e. The first-order chi connectivity index (χ1) is 4.35. The van der Waals surface area contributed by atoms with Crippen LogP contribution in [0.2, 0.25) is 6.32 Å². The van der Waals surface area contributed by atoms with Crippen molar-refractivity contribution in [3.63, 3.8) is 0 Å². The summed E-state index contributed by atoms with van der Waals surface area (Å²) in [6, 6.07) is 0. The Labute approximate surface area is 57.9 Å². The summed E-state index contributed by atoms with van der Waals surface area (Å²) < 4.78 is 10.2. The van der Waals surface area contributed by atoms with E-state index in [4.69, 9.17) is 17.3 Å². The molecule has 52 valence electrons. The van der Waals surface area contributed by atoms with Crippen molar-refractivity contribution in [1.29, 1.82) is 0 Å². The second kappa shape index (κ2) is 6.11. The molecule has 0 aliphatic carbocycles. The Kier molecular flexibility index (Phi) is 6.10. The summed E-state index contributed by atoms with van der Waals surface area (Å²) in [5, 5.41) is 0. The van der Waals surface area contributed by atoms with Crippen LogP contribution in [0, 0.1) is 0 Å². The topological polar surface area (TPSA) is 18.5 Å². The Morgan fingerprint density at radius 2 is 1.67 bits per heavy atom. The van der Waals surface area contributed by atoms with E-state index in [0.29, 0.717) is 19.5 Å². The van der Waals surface area contributed by atoms with Crippen molar-refractivity contribution in [3.8, 4) is 0 Å². The van der Waals surface area contributed by atoms with Gasteiger partial charge in [-0.3, -0.25) is 0 Å². The van der Waals surface area contributed by atoms with E-state index in [2.05, 4.69) is 0 Å². The van der Waals surface area contributed by atoms with E-state index in [1.54, 1.807) is 0 Å². The van der Waals surface area contributed by atoms with Crippen molar-refractivity contribution in [3.05, 3.63) is 0 Å². The minimum Gasteiger partial charge on any atom is -0.354 e. The third-order valence-corrected chi connectivity index (χ3v) is 0.898. The molecule has 0 spiro atoms. The molecule has 0 rings (SSSR count). The molecule has 3 heteroatoms. The first-order valence-corrected chi connectivity index (χ1v) is 3.28. The summed E-state index contributed by atoms with van der Waals surface area (Å²) >= 11 is 0. The second-order valence-electron chi connectivity index (χ2n) is 1.58. The maximum absolute atomic E-state index is 5.29.